The van der Waals surface area contributed by atoms with Crippen molar-refractivity contribution in [3.05, 3.63) is 82.7 Å². The molecule has 1 N–H and O–H groups in total. The molecule has 0 amide bonds. The molecule has 2 aromatic carbocycles. The van der Waals surface area contributed by atoms with Gasteiger partial charge in [0, 0.05) is 11.8 Å². The van der Waals surface area contributed by atoms with Crippen LogP contribution >= 0.6 is 0 Å². The standard InChI is InChI=1S/C25H24F3N3O4/c1-15-9-10-20(16(2)11-15)29-24-30-21(25(26,27)28)12-22(31-24)35-13-17-7-5-6-8-18(17)19(14-33-3)23(32)34-4/h5-12,14H,13H2,1-4H3,(H,29,30,31)/b19-14+. The van der Waals surface area contributed by atoms with Gasteiger partial charge < -0.3 is 19.5 Å². The number of benzene rings is 2. The quantitative estimate of drug-likeness (QED) is 0.252. The Morgan fingerprint density at radius 1 is 1.06 bits per heavy atom. The van der Waals surface area contributed by atoms with E-state index in [2.05, 4.69) is 15.3 Å². The molecule has 0 fully saturated rings. The molecule has 0 saturated carbocycles. The van der Waals surface area contributed by atoms with Gasteiger partial charge in [-0.2, -0.15) is 18.2 Å². The molecule has 1 heterocycles. The smallest absolute Gasteiger partial charge is 0.433 e. The number of ether oxygens (including phenoxy) is 3. The van der Waals surface area contributed by atoms with Gasteiger partial charge in [0.15, 0.2) is 5.69 Å². The number of hydrogen-bond donors (Lipinski definition) is 1. The first-order valence-electron chi connectivity index (χ1n) is 10.4. The van der Waals surface area contributed by atoms with Crippen LogP contribution in [0.1, 0.15) is 27.9 Å². The average molecular weight is 487 g/mol. The second-order valence-corrected chi connectivity index (χ2v) is 7.56. The van der Waals surface area contributed by atoms with E-state index in [9.17, 15) is 18.0 Å². The van der Waals surface area contributed by atoms with Crippen molar-refractivity contribution in [2.45, 2.75) is 26.6 Å². The highest BCUT2D eigenvalue weighted by Gasteiger charge is 2.34. The molecule has 0 spiro atoms. The highest BCUT2D eigenvalue weighted by Crippen LogP contribution is 2.32. The minimum atomic E-state index is -4.71. The predicted octanol–water partition coefficient (Wildman–Crippen LogP) is 5.60. The number of rotatable bonds is 8. The minimum Gasteiger partial charge on any atom is -0.503 e. The fourth-order valence-electron chi connectivity index (χ4n) is 3.28. The Bertz CT molecular complexity index is 1240. The van der Waals surface area contributed by atoms with Gasteiger partial charge in [-0.05, 0) is 36.6 Å². The molecule has 0 aliphatic rings. The molecule has 0 aliphatic carbocycles. The molecule has 1 aromatic heterocycles. The molecule has 0 unspecified atom stereocenters. The monoisotopic (exact) mass is 487 g/mol. The lowest BCUT2D eigenvalue weighted by Crippen LogP contribution is -2.13. The number of hydrogen-bond acceptors (Lipinski definition) is 7. The number of aromatic nitrogens is 2. The minimum absolute atomic E-state index is 0.130. The Morgan fingerprint density at radius 3 is 2.46 bits per heavy atom. The van der Waals surface area contributed by atoms with E-state index in [4.69, 9.17) is 14.2 Å². The second-order valence-electron chi connectivity index (χ2n) is 7.56. The van der Waals surface area contributed by atoms with E-state index in [0.29, 0.717) is 16.8 Å². The number of halogens is 3. The normalized spacial score (nSPS) is 11.7. The van der Waals surface area contributed by atoms with Gasteiger partial charge in [0.25, 0.3) is 0 Å². The van der Waals surface area contributed by atoms with Crippen molar-refractivity contribution in [1.82, 2.24) is 9.97 Å². The molecular weight excluding hydrogens is 463 g/mol. The van der Waals surface area contributed by atoms with Crippen LogP contribution in [0.15, 0.2) is 54.8 Å². The second kappa shape index (κ2) is 10.9. The summed E-state index contributed by atoms with van der Waals surface area (Å²) in [6.45, 7) is 3.56. The van der Waals surface area contributed by atoms with Crippen LogP contribution in [0.25, 0.3) is 5.57 Å². The third kappa shape index (κ3) is 6.50. The number of nitrogens with zero attached hydrogens (tertiary/aromatic N) is 2. The lowest BCUT2D eigenvalue weighted by molar-refractivity contribution is -0.141. The molecule has 3 rings (SSSR count). The molecule has 3 aromatic rings. The summed E-state index contributed by atoms with van der Waals surface area (Å²) in [5.74, 6) is -1.19. The van der Waals surface area contributed by atoms with Crippen LogP contribution in [0.4, 0.5) is 24.8 Å². The maximum atomic E-state index is 13.5. The van der Waals surface area contributed by atoms with E-state index in [-0.39, 0.29) is 24.0 Å². The van der Waals surface area contributed by atoms with Gasteiger partial charge in [0.1, 0.15) is 12.2 Å². The van der Waals surface area contributed by atoms with Gasteiger partial charge in [-0.25, -0.2) is 9.78 Å². The zero-order valence-corrected chi connectivity index (χ0v) is 19.6. The van der Waals surface area contributed by atoms with E-state index >= 15 is 0 Å². The molecule has 184 valence electrons. The number of methoxy groups -OCH3 is 2. The maximum Gasteiger partial charge on any atom is 0.433 e. The van der Waals surface area contributed by atoms with E-state index in [0.717, 1.165) is 17.2 Å². The number of esters is 1. The summed E-state index contributed by atoms with van der Waals surface area (Å²) in [5.41, 5.74) is 2.33. The van der Waals surface area contributed by atoms with E-state index in [1.807, 2.05) is 26.0 Å². The van der Waals surface area contributed by atoms with Crippen molar-refractivity contribution in [1.29, 1.82) is 0 Å². The van der Waals surface area contributed by atoms with Crippen LogP contribution in [0.2, 0.25) is 0 Å². The Hall–Kier alpha value is -4.08. The van der Waals surface area contributed by atoms with Crippen LogP contribution in [-0.2, 0) is 27.1 Å². The van der Waals surface area contributed by atoms with Gasteiger partial charge >= 0.3 is 12.1 Å². The zero-order valence-electron chi connectivity index (χ0n) is 19.6. The fraction of sp³-hybridized carbons (Fsp3) is 0.240. The number of nitrogens with one attached hydrogen (secondary N) is 1. The summed E-state index contributed by atoms with van der Waals surface area (Å²) < 4.78 is 56.0. The molecule has 10 heteroatoms. The van der Waals surface area contributed by atoms with Gasteiger partial charge in [0.2, 0.25) is 11.8 Å². The van der Waals surface area contributed by atoms with Crippen molar-refractivity contribution in [3.63, 3.8) is 0 Å². The topological polar surface area (TPSA) is 82.6 Å². The molecule has 0 aliphatic heterocycles. The van der Waals surface area contributed by atoms with E-state index in [1.54, 1.807) is 30.3 Å². The first kappa shape index (κ1) is 25.5. The lowest BCUT2D eigenvalue weighted by atomic mass is 10.0. The highest BCUT2D eigenvalue weighted by molar-refractivity contribution is 6.16. The van der Waals surface area contributed by atoms with Gasteiger partial charge in [-0.15, -0.1) is 0 Å². The Labute approximate surface area is 200 Å². The van der Waals surface area contributed by atoms with E-state index < -0.39 is 17.8 Å². The lowest BCUT2D eigenvalue weighted by Gasteiger charge is -2.15. The van der Waals surface area contributed by atoms with Crippen molar-refractivity contribution < 1.29 is 32.2 Å². The van der Waals surface area contributed by atoms with Crippen LogP contribution < -0.4 is 10.1 Å². The molecule has 35 heavy (non-hydrogen) atoms. The van der Waals surface area contributed by atoms with Gasteiger partial charge in [-0.3, -0.25) is 0 Å². The fourth-order valence-corrected chi connectivity index (χ4v) is 3.28. The van der Waals surface area contributed by atoms with Crippen LogP contribution in [0.3, 0.4) is 0 Å². The summed E-state index contributed by atoms with van der Waals surface area (Å²) in [6.07, 6.45) is -3.49. The van der Waals surface area contributed by atoms with Crippen molar-refractivity contribution in [2.75, 3.05) is 19.5 Å². The zero-order chi connectivity index (χ0) is 25.6. The number of alkyl halides is 3. The summed E-state index contributed by atoms with van der Waals surface area (Å²) in [5, 5.41) is 2.83. The first-order valence-corrected chi connectivity index (χ1v) is 10.4. The first-order chi connectivity index (χ1) is 16.6. The van der Waals surface area contributed by atoms with E-state index in [1.165, 1.54) is 20.5 Å². The van der Waals surface area contributed by atoms with Crippen molar-refractivity contribution in [3.8, 4) is 5.88 Å². The molecular formula is C25H24F3N3O4. The van der Waals surface area contributed by atoms with Crippen LogP contribution in [0.5, 0.6) is 5.88 Å². The number of anilines is 2. The third-order valence-electron chi connectivity index (χ3n) is 4.95. The largest absolute Gasteiger partial charge is 0.503 e. The van der Waals surface area contributed by atoms with Crippen LogP contribution in [0, 0.1) is 13.8 Å². The summed E-state index contributed by atoms with van der Waals surface area (Å²) in [4.78, 5) is 19.9. The van der Waals surface area contributed by atoms with Crippen molar-refractivity contribution >= 4 is 23.2 Å². The average Bonchev–Trinajstić information content (AvgIpc) is 2.82. The Kier molecular flexibility index (Phi) is 7.95. The summed E-state index contributed by atoms with van der Waals surface area (Å²) >= 11 is 0. The van der Waals surface area contributed by atoms with Gasteiger partial charge in [0.05, 0.1) is 20.5 Å². The summed E-state index contributed by atoms with van der Waals surface area (Å²) in [7, 11) is 2.61. The maximum absolute atomic E-state index is 13.5. The summed E-state index contributed by atoms with van der Waals surface area (Å²) in [6, 6.07) is 12.9. The third-order valence-corrected chi connectivity index (χ3v) is 4.95. The van der Waals surface area contributed by atoms with Crippen LogP contribution in [-0.4, -0.2) is 30.2 Å². The molecule has 0 saturated heterocycles. The number of carbonyl (C=O) groups excluding carboxylic acids is 1. The SMILES string of the molecule is CO/C=C(/C(=O)OC)c1ccccc1COc1cc(C(F)(F)F)nc(Nc2ccc(C)cc2C)n1. The Balaban J connectivity index is 1.93. The molecule has 0 atom stereocenters. The molecule has 0 bridgehead atoms. The Morgan fingerprint density at radius 2 is 1.80 bits per heavy atom. The molecule has 0 radical (unpaired) electrons. The van der Waals surface area contributed by atoms with Crippen molar-refractivity contribution in [2.24, 2.45) is 0 Å². The highest BCUT2D eigenvalue weighted by atomic mass is 19.4. The molecule has 7 nitrogen and oxygen atoms in total. The number of aryl methyl sites for hydroxylation is 2. The number of carbonyl (C=O) groups is 1. The predicted molar refractivity (Wildman–Crippen MR) is 124 cm³/mol. The van der Waals surface area contributed by atoms with Gasteiger partial charge in [-0.1, -0.05) is 42.0 Å².